The Morgan fingerprint density at radius 1 is 1.25 bits per heavy atom. The molecule has 0 aliphatic rings. The normalized spacial score (nSPS) is 11.9. The Morgan fingerprint density at radius 2 is 1.90 bits per heavy atom. The third-order valence-electron chi connectivity index (χ3n) is 2.98. The Bertz CT molecular complexity index is 628. The second-order valence-corrected chi connectivity index (χ2v) is 5.40. The monoisotopic (exact) mass is 336 g/mol. The van der Waals surface area contributed by atoms with Gasteiger partial charge in [0.2, 0.25) is 5.91 Å². The average Bonchev–Trinajstić information content (AvgIpc) is 2.39. The molecule has 0 radical (unpaired) electrons. The second-order valence-electron chi connectivity index (χ2n) is 4.49. The molecule has 0 saturated heterocycles. The predicted octanol–water partition coefficient (Wildman–Crippen LogP) is 3.54. The van der Waals surface area contributed by atoms with Crippen molar-refractivity contribution in [2.24, 2.45) is 5.73 Å². The fraction of sp³-hybridized carbons (Fsp3) is 0.133. The van der Waals surface area contributed by atoms with E-state index >= 15 is 0 Å². The van der Waals surface area contributed by atoms with Crippen LogP contribution in [0.5, 0.6) is 0 Å². The Morgan fingerprint density at radius 3 is 2.45 bits per heavy atom. The number of carbonyl (C=O) groups is 1. The molecule has 1 amide bonds. The van der Waals surface area contributed by atoms with Crippen LogP contribution < -0.4 is 11.1 Å². The van der Waals surface area contributed by atoms with Crippen molar-refractivity contribution >= 4 is 27.5 Å². The number of anilines is 1. The van der Waals surface area contributed by atoms with Gasteiger partial charge in [0.25, 0.3) is 0 Å². The third-order valence-corrected chi connectivity index (χ3v) is 3.51. The number of nitrogens with two attached hydrogens (primary N) is 1. The molecular weight excluding hydrogens is 323 g/mol. The molecule has 0 saturated carbocycles. The molecule has 20 heavy (non-hydrogen) atoms. The number of aryl methyl sites for hydroxylation is 1. The van der Waals surface area contributed by atoms with Crippen LogP contribution in [0.3, 0.4) is 0 Å². The molecule has 0 bridgehead atoms. The molecule has 5 heteroatoms. The largest absolute Gasteiger partial charge is 0.370 e. The highest BCUT2D eigenvalue weighted by atomic mass is 79.9. The van der Waals surface area contributed by atoms with E-state index in [-0.39, 0.29) is 5.82 Å². The molecule has 0 heterocycles. The van der Waals surface area contributed by atoms with Crippen molar-refractivity contribution in [1.82, 2.24) is 0 Å². The van der Waals surface area contributed by atoms with Gasteiger partial charge in [-0.2, -0.15) is 0 Å². The van der Waals surface area contributed by atoms with Crippen molar-refractivity contribution < 1.29 is 9.18 Å². The first-order valence-corrected chi connectivity index (χ1v) is 6.84. The van der Waals surface area contributed by atoms with E-state index in [1.165, 1.54) is 12.1 Å². The Balaban J connectivity index is 2.31. The molecule has 0 aliphatic carbocycles. The molecule has 0 aromatic heterocycles. The van der Waals surface area contributed by atoms with Crippen molar-refractivity contribution in [2.75, 3.05) is 5.32 Å². The molecule has 3 N–H and O–H groups in total. The lowest BCUT2D eigenvalue weighted by Gasteiger charge is -2.19. The maximum atomic E-state index is 13.1. The summed E-state index contributed by atoms with van der Waals surface area (Å²) in [7, 11) is 0. The van der Waals surface area contributed by atoms with Crippen molar-refractivity contribution in [1.29, 1.82) is 0 Å². The maximum absolute atomic E-state index is 13.1. The summed E-state index contributed by atoms with van der Waals surface area (Å²) in [4.78, 5) is 11.7. The van der Waals surface area contributed by atoms with Crippen molar-refractivity contribution in [2.45, 2.75) is 13.0 Å². The first-order valence-electron chi connectivity index (χ1n) is 6.05. The minimum atomic E-state index is -0.697. The minimum Gasteiger partial charge on any atom is -0.370 e. The van der Waals surface area contributed by atoms with Crippen molar-refractivity contribution in [3.05, 3.63) is 63.9 Å². The zero-order valence-corrected chi connectivity index (χ0v) is 12.4. The van der Waals surface area contributed by atoms with Crippen LogP contribution >= 0.6 is 15.9 Å². The van der Waals surface area contributed by atoms with Gasteiger partial charge in [-0.05, 0) is 54.4 Å². The number of primary amides is 1. The Labute approximate surface area is 125 Å². The van der Waals surface area contributed by atoms with Crippen LogP contribution in [-0.2, 0) is 4.79 Å². The van der Waals surface area contributed by atoms with Gasteiger partial charge < -0.3 is 11.1 Å². The average molecular weight is 337 g/mol. The predicted molar refractivity (Wildman–Crippen MR) is 80.8 cm³/mol. The van der Waals surface area contributed by atoms with Gasteiger partial charge in [-0.3, -0.25) is 4.79 Å². The Hall–Kier alpha value is -1.88. The molecular formula is C15H14BrFN2O. The molecule has 2 aromatic rings. The van der Waals surface area contributed by atoms with E-state index in [0.29, 0.717) is 11.1 Å². The summed E-state index contributed by atoms with van der Waals surface area (Å²) in [5, 5.41) is 3.06. The molecule has 0 spiro atoms. The van der Waals surface area contributed by atoms with Crippen LogP contribution in [0.25, 0.3) is 0 Å². The maximum Gasteiger partial charge on any atom is 0.244 e. The lowest BCUT2D eigenvalue weighted by atomic mass is 10.0. The zero-order chi connectivity index (χ0) is 14.7. The number of nitrogens with one attached hydrogen (secondary N) is 1. The highest BCUT2D eigenvalue weighted by Crippen LogP contribution is 2.24. The third kappa shape index (κ3) is 3.36. The summed E-state index contributed by atoms with van der Waals surface area (Å²) in [5.41, 5.74) is 7.56. The van der Waals surface area contributed by atoms with E-state index in [9.17, 15) is 9.18 Å². The van der Waals surface area contributed by atoms with E-state index in [4.69, 9.17) is 5.73 Å². The number of hydrogen-bond acceptors (Lipinski definition) is 2. The molecule has 3 nitrogen and oxygen atoms in total. The van der Waals surface area contributed by atoms with Gasteiger partial charge in [0.15, 0.2) is 0 Å². The summed E-state index contributed by atoms with van der Waals surface area (Å²) in [6.07, 6.45) is 0. The van der Waals surface area contributed by atoms with E-state index < -0.39 is 11.9 Å². The van der Waals surface area contributed by atoms with Gasteiger partial charge >= 0.3 is 0 Å². The first kappa shape index (κ1) is 14.5. The van der Waals surface area contributed by atoms with Crippen molar-refractivity contribution in [3.63, 3.8) is 0 Å². The number of hydrogen-bond donors (Lipinski definition) is 2. The smallest absolute Gasteiger partial charge is 0.244 e. The van der Waals surface area contributed by atoms with E-state index in [0.717, 1.165) is 10.2 Å². The molecule has 0 aliphatic heterocycles. The SMILES string of the molecule is Cc1cc(F)ccc1C(Nc1ccc(Br)cc1)C(N)=O. The molecule has 2 rings (SSSR count). The topological polar surface area (TPSA) is 55.1 Å². The summed E-state index contributed by atoms with van der Waals surface area (Å²) in [6.45, 7) is 1.75. The summed E-state index contributed by atoms with van der Waals surface area (Å²) in [6, 6.07) is 11.0. The molecule has 0 fully saturated rings. The van der Waals surface area contributed by atoms with Crippen LogP contribution in [0, 0.1) is 12.7 Å². The highest BCUT2D eigenvalue weighted by Gasteiger charge is 2.19. The Kier molecular flexibility index (Phi) is 4.39. The summed E-state index contributed by atoms with van der Waals surface area (Å²) < 4.78 is 14.1. The standard InChI is InChI=1S/C15H14BrFN2O/c1-9-8-11(17)4-7-13(9)14(15(18)20)19-12-5-2-10(16)3-6-12/h2-8,14,19H,1H3,(H2,18,20). The van der Waals surface area contributed by atoms with Gasteiger partial charge in [0.05, 0.1) is 0 Å². The summed E-state index contributed by atoms with van der Waals surface area (Å²) in [5.74, 6) is -0.847. The van der Waals surface area contributed by atoms with Gasteiger partial charge in [-0.15, -0.1) is 0 Å². The summed E-state index contributed by atoms with van der Waals surface area (Å²) >= 11 is 3.34. The van der Waals surface area contributed by atoms with Crippen LogP contribution in [0.1, 0.15) is 17.2 Å². The van der Waals surface area contributed by atoms with Crippen molar-refractivity contribution in [3.8, 4) is 0 Å². The van der Waals surface area contributed by atoms with E-state index in [1.54, 1.807) is 13.0 Å². The fourth-order valence-corrected chi connectivity index (χ4v) is 2.24. The molecule has 2 aromatic carbocycles. The quantitative estimate of drug-likeness (QED) is 0.897. The molecule has 1 unspecified atom stereocenters. The van der Waals surface area contributed by atoms with Crippen LogP contribution in [0.15, 0.2) is 46.9 Å². The van der Waals surface area contributed by atoms with Crippen LogP contribution in [0.4, 0.5) is 10.1 Å². The fourth-order valence-electron chi connectivity index (χ4n) is 1.98. The van der Waals surface area contributed by atoms with E-state index in [1.807, 2.05) is 24.3 Å². The first-order chi connectivity index (χ1) is 9.47. The number of halogens is 2. The zero-order valence-electron chi connectivity index (χ0n) is 10.9. The van der Waals surface area contributed by atoms with Gasteiger partial charge in [-0.25, -0.2) is 4.39 Å². The second kappa shape index (κ2) is 6.05. The lowest BCUT2D eigenvalue weighted by molar-refractivity contribution is -0.118. The van der Waals surface area contributed by atoms with Crippen LogP contribution in [-0.4, -0.2) is 5.91 Å². The van der Waals surface area contributed by atoms with Gasteiger partial charge in [0, 0.05) is 10.2 Å². The van der Waals surface area contributed by atoms with Crippen LogP contribution in [0.2, 0.25) is 0 Å². The molecule has 1 atom stereocenters. The number of benzene rings is 2. The lowest BCUT2D eigenvalue weighted by Crippen LogP contribution is -2.28. The number of carbonyl (C=O) groups excluding carboxylic acids is 1. The number of amides is 1. The highest BCUT2D eigenvalue weighted by molar-refractivity contribution is 9.10. The molecule has 104 valence electrons. The minimum absolute atomic E-state index is 0.335. The van der Waals surface area contributed by atoms with Gasteiger partial charge in [-0.1, -0.05) is 22.0 Å². The van der Waals surface area contributed by atoms with E-state index in [2.05, 4.69) is 21.2 Å². The number of rotatable bonds is 4. The van der Waals surface area contributed by atoms with Gasteiger partial charge in [0.1, 0.15) is 11.9 Å².